The molecule has 2 aliphatic heterocycles. The van der Waals surface area contributed by atoms with Gasteiger partial charge < -0.3 is 15.4 Å². The van der Waals surface area contributed by atoms with Gasteiger partial charge in [-0.15, -0.1) is 0 Å². The Bertz CT molecular complexity index is 1070. The first-order valence-electron chi connectivity index (χ1n) is 10.7. The summed E-state index contributed by atoms with van der Waals surface area (Å²) in [4.78, 5) is 38.6. The molecule has 0 saturated carbocycles. The number of esters is 1. The molecule has 1 fully saturated rings. The predicted molar refractivity (Wildman–Crippen MR) is 125 cm³/mol. The summed E-state index contributed by atoms with van der Waals surface area (Å²) in [5.41, 5.74) is 1.32. The second-order valence-electron chi connectivity index (χ2n) is 8.52. The molecule has 0 aromatic heterocycles. The van der Waals surface area contributed by atoms with Crippen LogP contribution in [0.1, 0.15) is 43.1 Å². The van der Waals surface area contributed by atoms with Crippen molar-refractivity contribution in [1.82, 2.24) is 5.32 Å². The van der Waals surface area contributed by atoms with Gasteiger partial charge in [-0.1, -0.05) is 29.8 Å². The molecule has 3 atom stereocenters. The van der Waals surface area contributed by atoms with Crippen LogP contribution in [-0.4, -0.2) is 30.4 Å². The molecule has 3 unspecified atom stereocenters. The van der Waals surface area contributed by atoms with E-state index >= 15 is 0 Å². The van der Waals surface area contributed by atoms with E-state index in [2.05, 4.69) is 45.7 Å². The number of carbonyl (C=O) groups is 3. The van der Waals surface area contributed by atoms with Gasteiger partial charge in [0.15, 0.2) is 0 Å². The van der Waals surface area contributed by atoms with E-state index < -0.39 is 17.4 Å². The van der Waals surface area contributed by atoms with Gasteiger partial charge in [0.2, 0.25) is 11.8 Å². The molecule has 2 amide bonds. The number of amides is 2. The van der Waals surface area contributed by atoms with Crippen molar-refractivity contribution < 1.29 is 19.1 Å². The molecule has 2 aromatic carbocycles. The number of rotatable bonds is 5. The van der Waals surface area contributed by atoms with Crippen LogP contribution < -0.4 is 16.0 Å². The lowest BCUT2D eigenvalue weighted by molar-refractivity contribution is -0.130. The number of anilines is 2. The monoisotopic (exact) mass is 499 g/mol. The molecule has 8 heteroatoms. The number of ether oxygens (including phenoxy) is 1. The molecule has 168 valence electrons. The highest BCUT2D eigenvalue weighted by Crippen LogP contribution is 2.48. The fourth-order valence-corrected chi connectivity index (χ4v) is 4.90. The Morgan fingerprint density at radius 3 is 2.59 bits per heavy atom. The number of fused-ring (bicyclic) bond motifs is 2. The predicted octanol–water partition coefficient (Wildman–Crippen LogP) is 4.05. The average Bonchev–Trinajstić information content (AvgIpc) is 3.29. The normalized spacial score (nSPS) is 23.8. The van der Waals surface area contributed by atoms with E-state index in [9.17, 15) is 14.4 Å². The third kappa shape index (κ3) is 3.82. The maximum Gasteiger partial charge on any atom is 0.338 e. The van der Waals surface area contributed by atoms with Gasteiger partial charge in [-0.2, -0.15) is 0 Å². The maximum absolute atomic E-state index is 13.5. The zero-order valence-electron chi connectivity index (χ0n) is 18.2. The minimum Gasteiger partial charge on any atom is -0.462 e. The average molecular weight is 500 g/mol. The molecule has 2 aliphatic rings. The fourth-order valence-electron chi connectivity index (χ4n) is 4.54. The minimum absolute atomic E-state index is 0.00706. The van der Waals surface area contributed by atoms with Crippen LogP contribution in [0, 0.1) is 11.8 Å². The van der Waals surface area contributed by atoms with Crippen LogP contribution in [0.4, 0.5) is 11.4 Å². The van der Waals surface area contributed by atoms with Crippen LogP contribution >= 0.6 is 15.9 Å². The van der Waals surface area contributed by atoms with Gasteiger partial charge in [0.25, 0.3) is 0 Å². The van der Waals surface area contributed by atoms with E-state index in [0.717, 1.165) is 10.0 Å². The van der Waals surface area contributed by atoms with Crippen LogP contribution in [0.3, 0.4) is 0 Å². The highest BCUT2D eigenvalue weighted by atomic mass is 79.9. The first-order chi connectivity index (χ1) is 15.3. The Hall–Kier alpha value is -2.71. The van der Waals surface area contributed by atoms with Crippen LogP contribution in [0.2, 0.25) is 0 Å². The smallest absolute Gasteiger partial charge is 0.338 e. The van der Waals surface area contributed by atoms with Gasteiger partial charge in [0, 0.05) is 27.5 Å². The lowest BCUT2D eigenvalue weighted by atomic mass is 9.79. The summed E-state index contributed by atoms with van der Waals surface area (Å²) in [7, 11) is 0. The Morgan fingerprint density at radius 1 is 1.22 bits per heavy atom. The van der Waals surface area contributed by atoms with Crippen molar-refractivity contribution >= 4 is 45.1 Å². The van der Waals surface area contributed by atoms with Crippen LogP contribution in [0.15, 0.2) is 46.9 Å². The van der Waals surface area contributed by atoms with E-state index in [0.29, 0.717) is 30.0 Å². The van der Waals surface area contributed by atoms with Crippen molar-refractivity contribution in [3.05, 3.63) is 58.1 Å². The van der Waals surface area contributed by atoms with Crippen molar-refractivity contribution in [1.29, 1.82) is 0 Å². The second-order valence-corrected chi connectivity index (χ2v) is 9.44. The van der Waals surface area contributed by atoms with Crippen molar-refractivity contribution in [3.8, 4) is 0 Å². The first kappa shape index (κ1) is 22.5. The number of carbonyl (C=O) groups excluding carboxylic acids is 3. The number of benzene rings is 2. The molecular formula is C24H26BrN3O4. The molecule has 2 aromatic rings. The van der Waals surface area contributed by atoms with Crippen LogP contribution in [0.25, 0.3) is 0 Å². The molecule has 3 N–H and O–H groups in total. The zero-order valence-corrected chi connectivity index (χ0v) is 19.8. The standard InChI is InChI=1S/C24H26BrN3O4/c1-4-32-22(30)14-5-8-16(9-6-14)26-21(29)18-12-20(13(2)3)28-24(18)17-11-15(25)7-10-19(17)27-23(24)31/h5-11,13,18,20,28H,4,12H2,1-3H3,(H,26,29)(H,27,31). The van der Waals surface area contributed by atoms with Crippen molar-refractivity contribution in [3.63, 3.8) is 0 Å². The molecule has 7 nitrogen and oxygen atoms in total. The molecule has 4 rings (SSSR count). The summed E-state index contributed by atoms with van der Waals surface area (Å²) in [5, 5.41) is 9.38. The van der Waals surface area contributed by atoms with Crippen molar-refractivity contribution in [2.75, 3.05) is 17.2 Å². The van der Waals surface area contributed by atoms with Gasteiger partial charge in [0.05, 0.1) is 18.1 Å². The maximum atomic E-state index is 13.5. The number of nitrogens with one attached hydrogen (secondary N) is 3. The number of halogens is 1. The molecule has 0 radical (unpaired) electrons. The molecule has 32 heavy (non-hydrogen) atoms. The summed E-state index contributed by atoms with van der Waals surface area (Å²) >= 11 is 3.49. The lowest BCUT2D eigenvalue weighted by Crippen LogP contribution is -2.52. The fraction of sp³-hybridized carbons (Fsp3) is 0.375. The van der Waals surface area contributed by atoms with E-state index in [4.69, 9.17) is 4.74 Å². The van der Waals surface area contributed by atoms with Crippen molar-refractivity contribution in [2.24, 2.45) is 11.8 Å². The summed E-state index contributed by atoms with van der Waals surface area (Å²) < 4.78 is 5.84. The Balaban J connectivity index is 1.64. The number of hydrogen-bond acceptors (Lipinski definition) is 5. The van der Waals surface area contributed by atoms with Gasteiger partial charge in [0.1, 0.15) is 5.54 Å². The van der Waals surface area contributed by atoms with Gasteiger partial charge >= 0.3 is 5.97 Å². The largest absolute Gasteiger partial charge is 0.462 e. The molecule has 0 aliphatic carbocycles. The minimum atomic E-state index is -1.14. The molecule has 1 spiro atoms. The van der Waals surface area contributed by atoms with Gasteiger partial charge in [-0.05, 0) is 61.7 Å². The highest BCUT2D eigenvalue weighted by Gasteiger charge is 2.60. The van der Waals surface area contributed by atoms with Crippen LogP contribution in [0.5, 0.6) is 0 Å². The first-order valence-corrected chi connectivity index (χ1v) is 11.5. The number of hydrogen-bond donors (Lipinski definition) is 3. The van der Waals surface area contributed by atoms with E-state index in [1.807, 2.05) is 18.2 Å². The Labute approximate surface area is 195 Å². The zero-order chi connectivity index (χ0) is 23.0. The molecule has 1 saturated heterocycles. The second kappa shape index (κ2) is 8.67. The molecule has 2 heterocycles. The third-order valence-electron chi connectivity index (χ3n) is 6.22. The summed E-state index contributed by atoms with van der Waals surface area (Å²) in [6.45, 7) is 6.20. The van der Waals surface area contributed by atoms with Gasteiger partial charge in [-0.25, -0.2) is 4.79 Å². The highest BCUT2D eigenvalue weighted by molar-refractivity contribution is 9.10. The van der Waals surface area contributed by atoms with Crippen LogP contribution in [-0.2, 0) is 19.9 Å². The van der Waals surface area contributed by atoms with E-state index in [1.54, 1.807) is 31.2 Å². The summed E-state index contributed by atoms with van der Waals surface area (Å²) in [6.07, 6.45) is 0.532. The van der Waals surface area contributed by atoms with Crippen molar-refractivity contribution in [2.45, 2.75) is 38.8 Å². The molecule has 0 bridgehead atoms. The van der Waals surface area contributed by atoms with E-state index in [1.165, 1.54) is 0 Å². The molecular weight excluding hydrogens is 474 g/mol. The Morgan fingerprint density at radius 2 is 1.94 bits per heavy atom. The quantitative estimate of drug-likeness (QED) is 0.539. The summed E-state index contributed by atoms with van der Waals surface area (Å²) in [5.74, 6) is -1.22. The third-order valence-corrected chi connectivity index (χ3v) is 6.72. The SMILES string of the molecule is CCOC(=O)c1ccc(NC(=O)C2CC(C(C)C)NC23C(=O)Nc2ccc(Br)cc23)cc1. The van der Waals surface area contributed by atoms with E-state index in [-0.39, 0.29) is 23.8 Å². The Kier molecular flexibility index (Phi) is 6.09. The van der Waals surface area contributed by atoms with Gasteiger partial charge in [-0.3, -0.25) is 14.9 Å². The topological polar surface area (TPSA) is 96.5 Å². The summed E-state index contributed by atoms with van der Waals surface area (Å²) in [6, 6.07) is 12.2. The lowest BCUT2D eigenvalue weighted by Gasteiger charge is -2.29.